The summed E-state index contributed by atoms with van der Waals surface area (Å²) >= 11 is 3.42. The highest BCUT2D eigenvalue weighted by Gasteiger charge is 2.16. The molecule has 0 fully saturated rings. The highest BCUT2D eigenvalue weighted by atomic mass is 79.9. The van der Waals surface area contributed by atoms with E-state index in [1.807, 2.05) is 48.5 Å². The van der Waals surface area contributed by atoms with Gasteiger partial charge in [0.1, 0.15) is 0 Å². The molecule has 3 nitrogen and oxygen atoms in total. The molecule has 0 aliphatic carbocycles. The Hall–Kier alpha value is -2.07. The van der Waals surface area contributed by atoms with Crippen LogP contribution in [0, 0.1) is 5.41 Å². The van der Waals surface area contributed by atoms with Gasteiger partial charge in [0.25, 0.3) is 0 Å². The summed E-state index contributed by atoms with van der Waals surface area (Å²) in [5, 5.41) is 19.2. The quantitative estimate of drug-likeness (QED) is 0.614. The molecule has 0 atom stereocenters. The lowest BCUT2D eigenvalue weighted by Crippen LogP contribution is -2.00. The summed E-state index contributed by atoms with van der Waals surface area (Å²) in [4.78, 5) is 2.90. The SMILES string of the molecule is N=C(c1ccccc1)c1c(O)[nH]c2ccc(Br)cc12. The van der Waals surface area contributed by atoms with Crippen molar-refractivity contribution in [2.75, 3.05) is 0 Å². The lowest BCUT2D eigenvalue weighted by molar-refractivity contribution is 0.457. The van der Waals surface area contributed by atoms with E-state index in [-0.39, 0.29) is 5.88 Å². The number of hydrogen-bond donors (Lipinski definition) is 3. The van der Waals surface area contributed by atoms with E-state index in [0.717, 1.165) is 20.9 Å². The summed E-state index contributed by atoms with van der Waals surface area (Å²) in [5.41, 5.74) is 2.43. The van der Waals surface area contributed by atoms with Gasteiger partial charge in [0.2, 0.25) is 0 Å². The fourth-order valence-electron chi connectivity index (χ4n) is 2.15. The fourth-order valence-corrected chi connectivity index (χ4v) is 2.51. The molecule has 0 radical (unpaired) electrons. The van der Waals surface area contributed by atoms with E-state index in [1.165, 1.54) is 0 Å². The number of aromatic amines is 1. The minimum atomic E-state index is 0.0296. The van der Waals surface area contributed by atoms with Crippen molar-refractivity contribution in [1.82, 2.24) is 4.98 Å². The van der Waals surface area contributed by atoms with Crippen molar-refractivity contribution >= 4 is 32.5 Å². The second-order valence-electron chi connectivity index (χ2n) is 4.28. The number of rotatable bonds is 2. The van der Waals surface area contributed by atoms with Crippen molar-refractivity contribution in [2.45, 2.75) is 0 Å². The van der Waals surface area contributed by atoms with E-state index < -0.39 is 0 Å². The van der Waals surface area contributed by atoms with Crippen LogP contribution in [0.1, 0.15) is 11.1 Å². The minimum absolute atomic E-state index is 0.0296. The van der Waals surface area contributed by atoms with Crippen LogP contribution in [0.25, 0.3) is 10.9 Å². The van der Waals surface area contributed by atoms with E-state index in [1.54, 1.807) is 0 Å². The first-order valence-corrected chi connectivity index (χ1v) is 6.60. The number of nitrogens with one attached hydrogen (secondary N) is 2. The van der Waals surface area contributed by atoms with Gasteiger partial charge in [-0.2, -0.15) is 0 Å². The molecule has 2 aromatic carbocycles. The average Bonchev–Trinajstić information content (AvgIpc) is 2.74. The summed E-state index contributed by atoms with van der Waals surface area (Å²) in [5.74, 6) is 0.0296. The predicted octanol–water partition coefficient (Wildman–Crippen LogP) is 4.05. The van der Waals surface area contributed by atoms with Gasteiger partial charge in [-0.05, 0) is 18.2 Å². The van der Waals surface area contributed by atoms with Crippen LogP contribution in [-0.2, 0) is 0 Å². The maximum atomic E-state index is 10.0. The summed E-state index contributed by atoms with van der Waals surface area (Å²) < 4.78 is 0.918. The zero-order chi connectivity index (χ0) is 13.4. The van der Waals surface area contributed by atoms with Crippen molar-refractivity contribution < 1.29 is 5.11 Å². The van der Waals surface area contributed by atoms with Crippen molar-refractivity contribution in [2.24, 2.45) is 0 Å². The molecule has 0 aliphatic rings. The van der Waals surface area contributed by atoms with Crippen molar-refractivity contribution in [3.8, 4) is 5.88 Å². The zero-order valence-corrected chi connectivity index (χ0v) is 11.5. The van der Waals surface area contributed by atoms with Crippen LogP contribution in [0.5, 0.6) is 5.88 Å². The van der Waals surface area contributed by atoms with Crippen LogP contribution in [0.15, 0.2) is 53.0 Å². The molecule has 0 saturated carbocycles. The van der Waals surface area contributed by atoms with Gasteiger partial charge in [0.05, 0.1) is 11.3 Å². The lowest BCUT2D eigenvalue weighted by Gasteiger charge is -2.03. The molecule has 0 bridgehead atoms. The van der Waals surface area contributed by atoms with E-state index in [0.29, 0.717) is 11.3 Å². The summed E-state index contributed by atoms with van der Waals surface area (Å²) in [6.07, 6.45) is 0. The Morgan fingerprint density at radius 3 is 2.58 bits per heavy atom. The minimum Gasteiger partial charge on any atom is -0.494 e. The number of benzene rings is 2. The van der Waals surface area contributed by atoms with Gasteiger partial charge < -0.3 is 10.1 Å². The van der Waals surface area contributed by atoms with Gasteiger partial charge in [-0.15, -0.1) is 0 Å². The van der Waals surface area contributed by atoms with Crippen LogP contribution in [0.2, 0.25) is 0 Å². The van der Waals surface area contributed by atoms with Gasteiger partial charge in [-0.1, -0.05) is 46.3 Å². The van der Waals surface area contributed by atoms with Crippen LogP contribution >= 0.6 is 15.9 Å². The maximum Gasteiger partial charge on any atom is 0.199 e. The predicted molar refractivity (Wildman–Crippen MR) is 80.0 cm³/mol. The van der Waals surface area contributed by atoms with Gasteiger partial charge in [0.15, 0.2) is 5.88 Å². The molecule has 1 heterocycles. The third kappa shape index (κ3) is 2.04. The lowest BCUT2D eigenvalue weighted by atomic mass is 10.0. The van der Waals surface area contributed by atoms with E-state index in [2.05, 4.69) is 20.9 Å². The second-order valence-corrected chi connectivity index (χ2v) is 5.20. The van der Waals surface area contributed by atoms with Gasteiger partial charge in [0, 0.05) is 20.9 Å². The first-order chi connectivity index (χ1) is 9.16. The Morgan fingerprint density at radius 1 is 1.11 bits per heavy atom. The number of halogens is 1. The maximum absolute atomic E-state index is 10.0. The third-order valence-electron chi connectivity index (χ3n) is 3.05. The smallest absolute Gasteiger partial charge is 0.199 e. The number of H-pyrrole nitrogens is 1. The normalized spacial score (nSPS) is 10.8. The molecule has 3 N–H and O–H groups in total. The van der Waals surface area contributed by atoms with Crippen LogP contribution in [0.4, 0.5) is 0 Å². The molecular formula is C15H11BrN2O. The molecule has 0 spiro atoms. The molecule has 19 heavy (non-hydrogen) atoms. The Kier molecular flexibility index (Phi) is 2.87. The van der Waals surface area contributed by atoms with E-state index in [4.69, 9.17) is 5.41 Å². The van der Waals surface area contributed by atoms with Crippen molar-refractivity contribution in [3.63, 3.8) is 0 Å². The molecule has 0 aliphatic heterocycles. The average molecular weight is 315 g/mol. The number of hydrogen-bond acceptors (Lipinski definition) is 2. The van der Waals surface area contributed by atoms with E-state index in [9.17, 15) is 5.11 Å². The van der Waals surface area contributed by atoms with E-state index >= 15 is 0 Å². The van der Waals surface area contributed by atoms with Crippen LogP contribution in [-0.4, -0.2) is 15.8 Å². The first kappa shape index (κ1) is 12.0. The topological polar surface area (TPSA) is 59.9 Å². The molecule has 0 saturated heterocycles. The molecule has 4 heteroatoms. The monoisotopic (exact) mass is 314 g/mol. The van der Waals surface area contributed by atoms with Gasteiger partial charge >= 0.3 is 0 Å². The summed E-state index contributed by atoms with van der Waals surface area (Å²) in [7, 11) is 0. The Bertz CT molecular complexity index is 762. The zero-order valence-electron chi connectivity index (χ0n) is 9.94. The molecule has 94 valence electrons. The molecule has 3 aromatic rings. The Labute approximate surface area is 118 Å². The molecular weight excluding hydrogens is 304 g/mol. The molecule has 1 aromatic heterocycles. The largest absolute Gasteiger partial charge is 0.494 e. The van der Waals surface area contributed by atoms with Crippen molar-refractivity contribution in [3.05, 3.63) is 64.1 Å². The van der Waals surface area contributed by atoms with Crippen LogP contribution in [0.3, 0.4) is 0 Å². The summed E-state index contributed by atoms with van der Waals surface area (Å²) in [6.45, 7) is 0. The molecule has 3 rings (SSSR count). The van der Waals surface area contributed by atoms with Gasteiger partial charge in [-0.3, -0.25) is 5.41 Å². The Balaban J connectivity index is 2.22. The number of fused-ring (bicyclic) bond motifs is 1. The van der Waals surface area contributed by atoms with Crippen LogP contribution < -0.4 is 0 Å². The number of aromatic nitrogens is 1. The second kappa shape index (κ2) is 4.55. The fraction of sp³-hybridized carbons (Fsp3) is 0. The third-order valence-corrected chi connectivity index (χ3v) is 3.55. The standard InChI is InChI=1S/C15H11BrN2O/c16-10-6-7-12-11(8-10)13(15(19)18-12)14(17)9-4-2-1-3-5-9/h1-8,17-19H. The molecule has 0 amide bonds. The highest BCUT2D eigenvalue weighted by molar-refractivity contribution is 9.10. The summed E-state index contributed by atoms with van der Waals surface area (Å²) in [6, 6.07) is 15.1. The highest BCUT2D eigenvalue weighted by Crippen LogP contribution is 2.31. The Morgan fingerprint density at radius 2 is 1.84 bits per heavy atom. The first-order valence-electron chi connectivity index (χ1n) is 5.81. The van der Waals surface area contributed by atoms with Crippen molar-refractivity contribution in [1.29, 1.82) is 5.41 Å². The molecule has 0 unspecified atom stereocenters. The van der Waals surface area contributed by atoms with Gasteiger partial charge in [-0.25, -0.2) is 0 Å². The number of aromatic hydroxyl groups is 1.